The Morgan fingerprint density at radius 2 is 2.00 bits per heavy atom. The van der Waals surface area contributed by atoms with Gasteiger partial charge in [0.05, 0.1) is 0 Å². The Labute approximate surface area is 98.9 Å². The van der Waals surface area contributed by atoms with Gasteiger partial charge in [0.25, 0.3) is 0 Å². The maximum atomic E-state index is 12.7. The average molecular weight is 235 g/mol. The van der Waals surface area contributed by atoms with E-state index >= 15 is 0 Å². The molecule has 4 nitrogen and oxygen atoms in total. The van der Waals surface area contributed by atoms with E-state index in [-0.39, 0.29) is 5.82 Å². The molecule has 0 saturated heterocycles. The largest absolute Gasteiger partial charge is 0.421 e. The third-order valence-corrected chi connectivity index (χ3v) is 2.32. The number of nitrogens with zero attached hydrogens (tertiary/aromatic N) is 2. The monoisotopic (exact) mass is 235 g/mol. The standard InChI is InChI=1S/C12H14FN3O/c1-2-14-8-7-11-15-16-12(17-11)9-3-5-10(13)6-4-9/h3-6,14H,2,7-8H2,1H3. The van der Waals surface area contributed by atoms with E-state index in [1.807, 2.05) is 6.92 Å². The molecule has 0 spiro atoms. The van der Waals surface area contributed by atoms with Crippen molar-refractivity contribution < 1.29 is 8.81 Å². The van der Waals surface area contributed by atoms with Gasteiger partial charge in [-0.25, -0.2) is 4.39 Å². The average Bonchev–Trinajstić information content (AvgIpc) is 2.79. The molecule has 0 bridgehead atoms. The van der Waals surface area contributed by atoms with Crippen molar-refractivity contribution >= 4 is 0 Å². The Morgan fingerprint density at radius 3 is 2.71 bits per heavy atom. The second-order valence-corrected chi connectivity index (χ2v) is 3.61. The molecule has 0 fully saturated rings. The predicted molar refractivity (Wildman–Crippen MR) is 61.9 cm³/mol. The normalized spacial score (nSPS) is 10.7. The van der Waals surface area contributed by atoms with Crippen LogP contribution in [0.1, 0.15) is 12.8 Å². The maximum Gasteiger partial charge on any atom is 0.247 e. The minimum atomic E-state index is -0.277. The van der Waals surface area contributed by atoms with Gasteiger partial charge in [0.2, 0.25) is 11.8 Å². The summed E-state index contributed by atoms with van der Waals surface area (Å²) < 4.78 is 18.2. The van der Waals surface area contributed by atoms with Crippen LogP contribution in [0.25, 0.3) is 11.5 Å². The van der Waals surface area contributed by atoms with Gasteiger partial charge in [-0.15, -0.1) is 10.2 Å². The van der Waals surface area contributed by atoms with Crippen molar-refractivity contribution in [2.45, 2.75) is 13.3 Å². The Balaban J connectivity index is 2.04. The summed E-state index contributed by atoms with van der Waals surface area (Å²) in [5, 5.41) is 11.0. The van der Waals surface area contributed by atoms with Crippen LogP contribution < -0.4 is 5.32 Å². The fourth-order valence-electron chi connectivity index (χ4n) is 1.44. The number of halogens is 1. The van der Waals surface area contributed by atoms with Crippen molar-refractivity contribution in [3.05, 3.63) is 36.0 Å². The second-order valence-electron chi connectivity index (χ2n) is 3.61. The minimum absolute atomic E-state index is 0.277. The van der Waals surface area contributed by atoms with E-state index in [4.69, 9.17) is 4.42 Å². The number of hydrogen-bond acceptors (Lipinski definition) is 4. The van der Waals surface area contributed by atoms with Gasteiger partial charge in [-0.3, -0.25) is 0 Å². The van der Waals surface area contributed by atoms with E-state index in [1.165, 1.54) is 12.1 Å². The van der Waals surface area contributed by atoms with Crippen LogP contribution in [0.15, 0.2) is 28.7 Å². The maximum absolute atomic E-state index is 12.7. The van der Waals surface area contributed by atoms with E-state index < -0.39 is 0 Å². The summed E-state index contributed by atoms with van der Waals surface area (Å²) in [5.41, 5.74) is 0.730. The van der Waals surface area contributed by atoms with Crippen LogP contribution in [0, 0.1) is 5.82 Å². The molecule has 0 aliphatic carbocycles. The first-order valence-electron chi connectivity index (χ1n) is 5.58. The fraction of sp³-hybridized carbons (Fsp3) is 0.333. The molecule has 90 valence electrons. The molecule has 2 rings (SSSR count). The van der Waals surface area contributed by atoms with Gasteiger partial charge in [0.15, 0.2) is 0 Å². The van der Waals surface area contributed by atoms with Gasteiger partial charge >= 0.3 is 0 Å². The Morgan fingerprint density at radius 1 is 1.24 bits per heavy atom. The van der Waals surface area contributed by atoms with E-state index in [2.05, 4.69) is 15.5 Å². The first-order valence-corrected chi connectivity index (χ1v) is 5.58. The van der Waals surface area contributed by atoms with Crippen molar-refractivity contribution in [1.82, 2.24) is 15.5 Å². The lowest BCUT2D eigenvalue weighted by Gasteiger charge is -1.96. The summed E-state index contributed by atoms with van der Waals surface area (Å²) in [6, 6.07) is 5.99. The molecule has 1 heterocycles. The van der Waals surface area contributed by atoms with Gasteiger partial charge in [0, 0.05) is 18.5 Å². The predicted octanol–water partition coefficient (Wildman–Crippen LogP) is 2.03. The van der Waals surface area contributed by atoms with Crippen LogP contribution in [-0.4, -0.2) is 23.3 Å². The molecule has 0 amide bonds. The van der Waals surface area contributed by atoms with Crippen molar-refractivity contribution in [3.63, 3.8) is 0 Å². The molecule has 1 N–H and O–H groups in total. The van der Waals surface area contributed by atoms with Crippen LogP contribution in [0.4, 0.5) is 4.39 Å². The smallest absolute Gasteiger partial charge is 0.247 e. The highest BCUT2D eigenvalue weighted by atomic mass is 19.1. The highest BCUT2D eigenvalue weighted by Gasteiger charge is 2.07. The summed E-state index contributed by atoms with van der Waals surface area (Å²) in [5.74, 6) is 0.738. The van der Waals surface area contributed by atoms with Crippen molar-refractivity contribution in [1.29, 1.82) is 0 Å². The molecule has 0 atom stereocenters. The molecular formula is C12H14FN3O. The van der Waals surface area contributed by atoms with Gasteiger partial charge in [0.1, 0.15) is 5.82 Å². The number of benzene rings is 1. The molecule has 0 aliphatic heterocycles. The van der Waals surface area contributed by atoms with Gasteiger partial charge in [-0.1, -0.05) is 6.92 Å². The lowest BCUT2D eigenvalue weighted by Crippen LogP contribution is -2.16. The number of likely N-dealkylation sites (N-methyl/N-ethyl adjacent to an activating group) is 1. The number of hydrogen-bond donors (Lipinski definition) is 1. The van der Waals surface area contributed by atoms with E-state index in [0.717, 1.165) is 18.7 Å². The van der Waals surface area contributed by atoms with Crippen molar-refractivity contribution in [2.75, 3.05) is 13.1 Å². The molecular weight excluding hydrogens is 221 g/mol. The van der Waals surface area contributed by atoms with Gasteiger partial charge in [-0.2, -0.15) is 0 Å². The summed E-state index contributed by atoms with van der Waals surface area (Å²) >= 11 is 0. The third kappa shape index (κ3) is 3.10. The Hall–Kier alpha value is -1.75. The van der Waals surface area contributed by atoms with E-state index in [0.29, 0.717) is 18.2 Å². The Kier molecular flexibility index (Phi) is 3.82. The van der Waals surface area contributed by atoms with Crippen molar-refractivity contribution in [2.24, 2.45) is 0 Å². The molecule has 0 radical (unpaired) electrons. The lowest BCUT2D eigenvalue weighted by atomic mass is 10.2. The van der Waals surface area contributed by atoms with Crippen LogP contribution in [0.5, 0.6) is 0 Å². The summed E-state index contributed by atoms with van der Waals surface area (Å²) in [6.07, 6.45) is 0.696. The molecule has 1 aromatic carbocycles. The molecule has 2 aromatic rings. The first kappa shape index (κ1) is 11.7. The second kappa shape index (κ2) is 5.54. The third-order valence-electron chi connectivity index (χ3n) is 2.32. The topological polar surface area (TPSA) is 51.0 Å². The van der Waals surface area contributed by atoms with Gasteiger partial charge < -0.3 is 9.73 Å². The molecule has 17 heavy (non-hydrogen) atoms. The molecule has 1 aromatic heterocycles. The summed E-state index contributed by atoms with van der Waals surface area (Å²) in [6.45, 7) is 3.76. The zero-order valence-electron chi connectivity index (χ0n) is 9.61. The summed E-state index contributed by atoms with van der Waals surface area (Å²) in [4.78, 5) is 0. The van der Waals surface area contributed by atoms with E-state index in [1.54, 1.807) is 12.1 Å². The van der Waals surface area contributed by atoms with Crippen LogP contribution in [-0.2, 0) is 6.42 Å². The minimum Gasteiger partial charge on any atom is -0.421 e. The van der Waals surface area contributed by atoms with E-state index in [9.17, 15) is 4.39 Å². The number of aromatic nitrogens is 2. The highest BCUT2D eigenvalue weighted by Crippen LogP contribution is 2.17. The lowest BCUT2D eigenvalue weighted by molar-refractivity contribution is 0.496. The fourth-order valence-corrected chi connectivity index (χ4v) is 1.44. The van der Waals surface area contributed by atoms with Crippen LogP contribution in [0.3, 0.4) is 0 Å². The number of rotatable bonds is 5. The molecule has 0 saturated carbocycles. The quantitative estimate of drug-likeness (QED) is 0.806. The zero-order chi connectivity index (χ0) is 12.1. The van der Waals surface area contributed by atoms with Crippen LogP contribution >= 0.6 is 0 Å². The molecule has 5 heteroatoms. The molecule has 0 aliphatic rings. The van der Waals surface area contributed by atoms with Crippen molar-refractivity contribution in [3.8, 4) is 11.5 Å². The zero-order valence-corrected chi connectivity index (χ0v) is 9.61. The highest BCUT2D eigenvalue weighted by molar-refractivity contribution is 5.51. The number of nitrogens with one attached hydrogen (secondary N) is 1. The first-order chi connectivity index (χ1) is 8.29. The SMILES string of the molecule is CCNCCc1nnc(-c2ccc(F)cc2)o1. The Bertz CT molecular complexity index is 467. The van der Waals surface area contributed by atoms with Crippen LogP contribution in [0.2, 0.25) is 0 Å². The summed E-state index contributed by atoms with van der Waals surface area (Å²) in [7, 11) is 0. The molecule has 0 unspecified atom stereocenters. The van der Waals surface area contributed by atoms with Gasteiger partial charge in [-0.05, 0) is 30.8 Å².